The number of rotatable bonds is 7. The van der Waals surface area contributed by atoms with E-state index in [-0.39, 0.29) is 19.1 Å². The van der Waals surface area contributed by atoms with Gasteiger partial charge in [-0.25, -0.2) is 0 Å². The summed E-state index contributed by atoms with van der Waals surface area (Å²) in [5.74, 6) is 2.74. The van der Waals surface area contributed by atoms with Crippen molar-refractivity contribution in [2.75, 3.05) is 13.9 Å². The monoisotopic (exact) mass is 381 g/mol. The molecule has 1 N–H and O–H groups in total. The van der Waals surface area contributed by atoms with Crippen molar-refractivity contribution in [3.8, 4) is 28.7 Å². The number of methoxy groups -OCH3 is 1. The van der Waals surface area contributed by atoms with Gasteiger partial charge >= 0.3 is 0 Å². The number of hydrogen-bond acceptors (Lipinski definition) is 7. The van der Waals surface area contributed by atoms with Crippen LogP contribution in [0.5, 0.6) is 17.2 Å². The lowest BCUT2D eigenvalue weighted by molar-refractivity contribution is -0.121. The summed E-state index contributed by atoms with van der Waals surface area (Å²) in [5.41, 5.74) is 1.66. The number of fused-ring (bicyclic) bond motifs is 1. The lowest BCUT2D eigenvalue weighted by Gasteiger charge is -2.05. The van der Waals surface area contributed by atoms with Crippen molar-refractivity contribution in [2.45, 2.75) is 19.4 Å². The van der Waals surface area contributed by atoms with Crippen molar-refractivity contribution in [3.63, 3.8) is 0 Å². The molecule has 0 aliphatic carbocycles. The summed E-state index contributed by atoms with van der Waals surface area (Å²) in [6.07, 6.45) is 0.604. The molecule has 0 saturated carbocycles. The summed E-state index contributed by atoms with van der Waals surface area (Å²) >= 11 is 0. The molecule has 0 saturated heterocycles. The maximum Gasteiger partial charge on any atom is 0.251 e. The van der Waals surface area contributed by atoms with Gasteiger partial charge in [-0.05, 0) is 29.8 Å². The Morgan fingerprint density at radius 1 is 1.14 bits per heavy atom. The van der Waals surface area contributed by atoms with E-state index in [1.54, 1.807) is 7.11 Å². The molecular formula is C20H19N3O5. The summed E-state index contributed by atoms with van der Waals surface area (Å²) < 4.78 is 21.6. The minimum atomic E-state index is -0.102. The van der Waals surface area contributed by atoms with Crippen LogP contribution in [0.3, 0.4) is 0 Å². The van der Waals surface area contributed by atoms with Crippen LogP contribution >= 0.6 is 0 Å². The highest BCUT2D eigenvalue weighted by Gasteiger charge is 2.15. The fraction of sp³-hybridized carbons (Fsp3) is 0.250. The summed E-state index contributed by atoms with van der Waals surface area (Å²) in [6.45, 7) is 0.637. The third-order valence-corrected chi connectivity index (χ3v) is 4.30. The SMILES string of the molecule is COc1ccccc1-c1nnc(CCC(=O)NCc2ccc3c(c2)OCO3)o1. The smallest absolute Gasteiger partial charge is 0.251 e. The second-order valence-electron chi connectivity index (χ2n) is 6.17. The number of carbonyl (C=O) groups is 1. The molecule has 144 valence electrons. The number of para-hydroxylation sites is 1. The first-order valence-electron chi connectivity index (χ1n) is 8.84. The Kier molecular flexibility index (Phi) is 5.09. The summed E-state index contributed by atoms with van der Waals surface area (Å²) in [6, 6.07) is 13.0. The molecule has 1 aliphatic rings. The molecule has 2 aromatic carbocycles. The van der Waals surface area contributed by atoms with Gasteiger partial charge in [-0.3, -0.25) is 4.79 Å². The maximum atomic E-state index is 12.1. The van der Waals surface area contributed by atoms with Gasteiger partial charge in [-0.1, -0.05) is 18.2 Å². The fourth-order valence-corrected chi connectivity index (χ4v) is 2.85. The Morgan fingerprint density at radius 3 is 2.89 bits per heavy atom. The molecule has 3 aromatic rings. The van der Waals surface area contributed by atoms with E-state index in [4.69, 9.17) is 18.6 Å². The van der Waals surface area contributed by atoms with Gasteiger partial charge in [0.15, 0.2) is 11.5 Å². The zero-order valence-electron chi connectivity index (χ0n) is 15.3. The number of nitrogens with one attached hydrogen (secondary N) is 1. The molecule has 2 heterocycles. The van der Waals surface area contributed by atoms with Gasteiger partial charge in [0, 0.05) is 19.4 Å². The number of amides is 1. The lowest BCUT2D eigenvalue weighted by Crippen LogP contribution is -2.23. The van der Waals surface area contributed by atoms with Crippen LogP contribution in [0.1, 0.15) is 17.9 Å². The largest absolute Gasteiger partial charge is 0.496 e. The molecule has 0 unspecified atom stereocenters. The highest BCUT2D eigenvalue weighted by molar-refractivity contribution is 5.76. The topological polar surface area (TPSA) is 95.7 Å². The minimum Gasteiger partial charge on any atom is -0.496 e. The zero-order valence-corrected chi connectivity index (χ0v) is 15.3. The van der Waals surface area contributed by atoms with E-state index in [0.29, 0.717) is 36.2 Å². The molecular weight excluding hydrogens is 362 g/mol. The first kappa shape index (κ1) is 17.8. The van der Waals surface area contributed by atoms with Gasteiger partial charge in [-0.2, -0.15) is 0 Å². The van der Waals surface area contributed by atoms with Crippen molar-refractivity contribution in [2.24, 2.45) is 0 Å². The third-order valence-electron chi connectivity index (χ3n) is 4.30. The van der Waals surface area contributed by atoms with Crippen molar-refractivity contribution in [1.82, 2.24) is 15.5 Å². The van der Waals surface area contributed by atoms with E-state index >= 15 is 0 Å². The van der Waals surface area contributed by atoms with Crippen LogP contribution in [0.15, 0.2) is 46.9 Å². The molecule has 1 amide bonds. The van der Waals surface area contributed by atoms with Crippen LogP contribution < -0.4 is 19.5 Å². The molecule has 0 radical (unpaired) electrons. The summed E-state index contributed by atoms with van der Waals surface area (Å²) in [5, 5.41) is 10.9. The second kappa shape index (κ2) is 7.99. The number of ether oxygens (including phenoxy) is 3. The Morgan fingerprint density at radius 2 is 2.00 bits per heavy atom. The predicted octanol–water partition coefficient (Wildman–Crippen LogP) is 2.72. The van der Waals surface area contributed by atoms with E-state index in [0.717, 1.165) is 16.9 Å². The van der Waals surface area contributed by atoms with E-state index in [9.17, 15) is 4.79 Å². The van der Waals surface area contributed by atoms with Crippen LogP contribution in [0.25, 0.3) is 11.5 Å². The molecule has 0 bridgehead atoms. The van der Waals surface area contributed by atoms with Crippen molar-refractivity contribution >= 4 is 5.91 Å². The molecule has 0 fully saturated rings. The highest BCUT2D eigenvalue weighted by atomic mass is 16.7. The lowest BCUT2D eigenvalue weighted by atomic mass is 10.2. The van der Waals surface area contributed by atoms with Gasteiger partial charge < -0.3 is 23.9 Å². The number of benzene rings is 2. The molecule has 8 nitrogen and oxygen atoms in total. The number of carbonyl (C=O) groups excluding carboxylic acids is 1. The summed E-state index contributed by atoms with van der Waals surface area (Å²) in [7, 11) is 1.58. The van der Waals surface area contributed by atoms with Crippen LogP contribution in [-0.2, 0) is 17.8 Å². The average molecular weight is 381 g/mol. The Hall–Kier alpha value is -3.55. The molecule has 0 spiro atoms. The van der Waals surface area contributed by atoms with Gasteiger partial charge in [0.1, 0.15) is 5.75 Å². The van der Waals surface area contributed by atoms with Crippen molar-refractivity contribution in [1.29, 1.82) is 0 Å². The highest BCUT2D eigenvalue weighted by Crippen LogP contribution is 2.32. The number of aryl methyl sites for hydroxylation is 1. The average Bonchev–Trinajstić information content (AvgIpc) is 3.39. The predicted molar refractivity (Wildman–Crippen MR) is 99.0 cm³/mol. The normalized spacial score (nSPS) is 12.0. The Bertz CT molecular complexity index is 985. The van der Waals surface area contributed by atoms with Crippen molar-refractivity contribution < 1.29 is 23.4 Å². The number of nitrogens with zero attached hydrogens (tertiary/aromatic N) is 2. The second-order valence-corrected chi connectivity index (χ2v) is 6.17. The Labute approximate surface area is 161 Å². The van der Waals surface area contributed by atoms with Gasteiger partial charge in [0.05, 0.1) is 12.7 Å². The van der Waals surface area contributed by atoms with Gasteiger partial charge in [-0.15, -0.1) is 10.2 Å². The van der Waals surface area contributed by atoms with Crippen LogP contribution in [-0.4, -0.2) is 30.0 Å². The van der Waals surface area contributed by atoms with Crippen LogP contribution in [0.4, 0.5) is 0 Å². The Balaban J connectivity index is 1.30. The first-order chi connectivity index (χ1) is 13.7. The van der Waals surface area contributed by atoms with E-state index in [1.807, 2.05) is 42.5 Å². The number of hydrogen-bond donors (Lipinski definition) is 1. The number of aromatic nitrogens is 2. The summed E-state index contributed by atoms with van der Waals surface area (Å²) in [4.78, 5) is 12.1. The molecule has 4 rings (SSSR count). The maximum absolute atomic E-state index is 12.1. The molecule has 0 atom stereocenters. The molecule has 1 aliphatic heterocycles. The van der Waals surface area contributed by atoms with E-state index < -0.39 is 0 Å². The van der Waals surface area contributed by atoms with Gasteiger partial charge in [0.25, 0.3) is 5.89 Å². The molecule has 28 heavy (non-hydrogen) atoms. The van der Waals surface area contributed by atoms with Crippen molar-refractivity contribution in [3.05, 3.63) is 53.9 Å². The minimum absolute atomic E-state index is 0.102. The van der Waals surface area contributed by atoms with Crippen LogP contribution in [0, 0.1) is 0 Å². The zero-order chi connectivity index (χ0) is 19.3. The molecule has 8 heteroatoms. The van der Waals surface area contributed by atoms with Gasteiger partial charge in [0.2, 0.25) is 18.6 Å². The quantitative estimate of drug-likeness (QED) is 0.672. The standard InChI is InChI=1S/C20H19N3O5/c1-25-15-5-3-2-4-14(15)20-23-22-19(28-20)9-8-18(24)21-11-13-6-7-16-17(10-13)27-12-26-16/h2-7,10H,8-9,11-12H2,1H3,(H,21,24). The molecule has 1 aromatic heterocycles. The first-order valence-corrected chi connectivity index (χ1v) is 8.84. The van der Waals surface area contributed by atoms with Crippen LogP contribution in [0.2, 0.25) is 0 Å². The van der Waals surface area contributed by atoms with E-state index in [1.165, 1.54) is 0 Å². The van der Waals surface area contributed by atoms with E-state index in [2.05, 4.69) is 15.5 Å². The fourth-order valence-electron chi connectivity index (χ4n) is 2.85. The third kappa shape index (κ3) is 3.90.